The molecular formula is C12H12N2OS. The van der Waals surface area contributed by atoms with Crippen molar-refractivity contribution in [3.05, 3.63) is 39.8 Å². The van der Waals surface area contributed by atoms with E-state index in [-0.39, 0.29) is 6.61 Å². The molecule has 16 heavy (non-hydrogen) atoms. The Kier molecular flexibility index (Phi) is 3.40. The highest BCUT2D eigenvalue weighted by molar-refractivity contribution is 7.10. The van der Waals surface area contributed by atoms with Crippen LogP contribution in [0.1, 0.15) is 16.1 Å². The number of aliphatic hydroxyl groups excluding tert-OH is 1. The lowest BCUT2D eigenvalue weighted by atomic mass is 10.2. The van der Waals surface area contributed by atoms with Crippen LogP contribution < -0.4 is 0 Å². The summed E-state index contributed by atoms with van der Waals surface area (Å²) in [5, 5.41) is 15.0. The molecule has 0 atom stereocenters. The summed E-state index contributed by atoms with van der Waals surface area (Å²) in [5.74, 6) is 5.60. The molecule has 82 valence electrons. The van der Waals surface area contributed by atoms with Crippen molar-refractivity contribution in [2.75, 3.05) is 6.61 Å². The minimum absolute atomic E-state index is 0.101. The summed E-state index contributed by atoms with van der Waals surface area (Å²) in [6.45, 7) is 2.61. The van der Waals surface area contributed by atoms with E-state index in [1.165, 1.54) is 4.88 Å². The van der Waals surface area contributed by atoms with Gasteiger partial charge in [-0.1, -0.05) is 11.8 Å². The summed E-state index contributed by atoms with van der Waals surface area (Å²) in [6.07, 6.45) is 1.96. The first-order valence-corrected chi connectivity index (χ1v) is 5.83. The number of hydrogen-bond donors (Lipinski definition) is 1. The molecule has 1 N–H and O–H groups in total. The minimum atomic E-state index is -0.101. The van der Waals surface area contributed by atoms with Crippen LogP contribution in [-0.4, -0.2) is 21.5 Å². The molecule has 0 radical (unpaired) electrons. The van der Waals surface area contributed by atoms with Crippen LogP contribution in [0.4, 0.5) is 0 Å². The predicted octanol–water partition coefficient (Wildman–Crippen LogP) is 1.65. The quantitative estimate of drug-likeness (QED) is 0.799. The summed E-state index contributed by atoms with van der Waals surface area (Å²) in [4.78, 5) is 1.17. The van der Waals surface area contributed by atoms with Crippen LogP contribution in [0.15, 0.2) is 23.7 Å². The van der Waals surface area contributed by atoms with Gasteiger partial charge in [0.25, 0.3) is 0 Å². The van der Waals surface area contributed by atoms with E-state index in [2.05, 4.69) is 16.9 Å². The molecular weight excluding hydrogens is 220 g/mol. The summed E-state index contributed by atoms with van der Waals surface area (Å²) >= 11 is 1.66. The maximum atomic E-state index is 8.66. The Morgan fingerprint density at radius 1 is 1.50 bits per heavy atom. The number of rotatable bonds is 2. The zero-order chi connectivity index (χ0) is 11.4. The van der Waals surface area contributed by atoms with Crippen molar-refractivity contribution in [1.82, 2.24) is 9.78 Å². The maximum absolute atomic E-state index is 8.66. The van der Waals surface area contributed by atoms with Gasteiger partial charge in [-0.25, -0.2) is 0 Å². The number of thiophene rings is 1. The summed E-state index contributed by atoms with van der Waals surface area (Å²) in [6, 6.07) is 3.95. The Hall–Kier alpha value is -1.57. The first-order chi connectivity index (χ1) is 7.79. The highest BCUT2D eigenvalue weighted by Gasteiger charge is 2.03. The molecule has 0 unspecified atom stereocenters. The highest BCUT2D eigenvalue weighted by atomic mass is 32.1. The average Bonchev–Trinajstić information content (AvgIpc) is 2.86. The van der Waals surface area contributed by atoms with E-state index in [0.29, 0.717) is 0 Å². The highest BCUT2D eigenvalue weighted by Crippen LogP contribution is 2.17. The van der Waals surface area contributed by atoms with Crippen molar-refractivity contribution in [2.24, 2.45) is 0 Å². The number of aryl methyl sites for hydroxylation is 1. The molecule has 3 nitrogen and oxygen atoms in total. The van der Waals surface area contributed by atoms with Gasteiger partial charge in [0.1, 0.15) is 6.61 Å². The molecule has 2 heterocycles. The second kappa shape index (κ2) is 4.97. The fourth-order valence-corrected chi connectivity index (χ4v) is 2.23. The Morgan fingerprint density at radius 3 is 3.06 bits per heavy atom. The summed E-state index contributed by atoms with van der Waals surface area (Å²) in [7, 11) is 0. The molecule has 0 aliphatic carbocycles. The second-order valence-electron chi connectivity index (χ2n) is 3.37. The Bertz CT molecular complexity index is 530. The Morgan fingerprint density at radius 2 is 2.38 bits per heavy atom. The summed E-state index contributed by atoms with van der Waals surface area (Å²) in [5.41, 5.74) is 1.99. The summed E-state index contributed by atoms with van der Waals surface area (Å²) < 4.78 is 1.89. The number of hydrogen-bond acceptors (Lipinski definition) is 3. The third-order valence-electron chi connectivity index (χ3n) is 2.13. The van der Waals surface area contributed by atoms with Gasteiger partial charge in [-0.2, -0.15) is 5.10 Å². The Balaban J connectivity index is 2.18. The molecule has 0 aliphatic heterocycles. The number of aromatic nitrogens is 2. The SMILES string of the molecule is Cc1ccn(Cc2sccc2C#CCO)n1. The standard InChI is InChI=1S/C12H12N2OS/c1-10-4-6-14(13-10)9-12-11(3-2-7-15)5-8-16-12/h4-6,8,15H,7,9H2,1H3. The molecule has 0 saturated heterocycles. The van der Waals surface area contributed by atoms with E-state index in [0.717, 1.165) is 17.8 Å². The third kappa shape index (κ3) is 2.51. The Labute approximate surface area is 98.4 Å². The fourth-order valence-electron chi connectivity index (χ4n) is 1.41. The molecule has 0 spiro atoms. The van der Waals surface area contributed by atoms with Gasteiger partial charge in [0.2, 0.25) is 0 Å². The molecule has 2 aromatic heterocycles. The van der Waals surface area contributed by atoms with Gasteiger partial charge >= 0.3 is 0 Å². The van der Waals surface area contributed by atoms with Gasteiger partial charge in [-0.3, -0.25) is 4.68 Å². The molecule has 2 aromatic rings. The maximum Gasteiger partial charge on any atom is 0.104 e. The molecule has 0 bridgehead atoms. The number of nitrogens with zero attached hydrogens (tertiary/aromatic N) is 2. The van der Waals surface area contributed by atoms with Crippen LogP contribution in [0.2, 0.25) is 0 Å². The van der Waals surface area contributed by atoms with Crippen LogP contribution >= 0.6 is 11.3 Å². The van der Waals surface area contributed by atoms with E-state index in [9.17, 15) is 0 Å². The van der Waals surface area contributed by atoms with Gasteiger partial charge in [-0.05, 0) is 24.4 Å². The van der Waals surface area contributed by atoms with Crippen molar-refractivity contribution >= 4 is 11.3 Å². The van der Waals surface area contributed by atoms with Gasteiger partial charge in [-0.15, -0.1) is 11.3 Å². The van der Waals surface area contributed by atoms with Crippen molar-refractivity contribution in [3.8, 4) is 11.8 Å². The van der Waals surface area contributed by atoms with Gasteiger partial charge in [0.15, 0.2) is 0 Å². The predicted molar refractivity (Wildman–Crippen MR) is 64.3 cm³/mol. The monoisotopic (exact) mass is 232 g/mol. The first kappa shape index (κ1) is 10.9. The smallest absolute Gasteiger partial charge is 0.104 e. The van der Waals surface area contributed by atoms with Crippen LogP contribution in [0.5, 0.6) is 0 Å². The van der Waals surface area contributed by atoms with Crippen molar-refractivity contribution in [3.63, 3.8) is 0 Å². The van der Waals surface area contributed by atoms with E-state index >= 15 is 0 Å². The molecule has 0 aliphatic rings. The van der Waals surface area contributed by atoms with Gasteiger partial charge in [0.05, 0.1) is 12.2 Å². The topological polar surface area (TPSA) is 38.0 Å². The van der Waals surface area contributed by atoms with Crippen LogP contribution in [0, 0.1) is 18.8 Å². The second-order valence-corrected chi connectivity index (χ2v) is 4.37. The first-order valence-electron chi connectivity index (χ1n) is 4.96. The molecule has 4 heteroatoms. The van der Waals surface area contributed by atoms with Crippen LogP contribution in [0.25, 0.3) is 0 Å². The molecule has 0 saturated carbocycles. The van der Waals surface area contributed by atoms with E-state index in [1.54, 1.807) is 11.3 Å². The number of aliphatic hydroxyl groups is 1. The van der Waals surface area contributed by atoms with Crippen LogP contribution in [-0.2, 0) is 6.54 Å². The zero-order valence-electron chi connectivity index (χ0n) is 8.97. The average molecular weight is 232 g/mol. The van der Waals surface area contributed by atoms with Crippen molar-refractivity contribution in [1.29, 1.82) is 0 Å². The van der Waals surface area contributed by atoms with E-state index < -0.39 is 0 Å². The minimum Gasteiger partial charge on any atom is -0.384 e. The normalized spacial score (nSPS) is 9.88. The lowest BCUT2D eigenvalue weighted by molar-refractivity contribution is 0.350. The third-order valence-corrected chi connectivity index (χ3v) is 3.03. The lowest BCUT2D eigenvalue weighted by Crippen LogP contribution is -2.00. The van der Waals surface area contributed by atoms with Crippen molar-refractivity contribution < 1.29 is 5.11 Å². The van der Waals surface area contributed by atoms with E-state index in [4.69, 9.17) is 5.11 Å². The fraction of sp³-hybridized carbons (Fsp3) is 0.250. The molecule has 0 amide bonds. The molecule has 0 fully saturated rings. The van der Waals surface area contributed by atoms with Gasteiger partial charge < -0.3 is 5.11 Å². The van der Waals surface area contributed by atoms with E-state index in [1.807, 2.05) is 35.3 Å². The lowest BCUT2D eigenvalue weighted by Gasteiger charge is -1.99. The molecule has 2 rings (SSSR count). The molecule has 0 aromatic carbocycles. The van der Waals surface area contributed by atoms with Crippen LogP contribution in [0.3, 0.4) is 0 Å². The van der Waals surface area contributed by atoms with Gasteiger partial charge in [0, 0.05) is 16.6 Å². The largest absolute Gasteiger partial charge is 0.384 e. The zero-order valence-corrected chi connectivity index (χ0v) is 9.79. The van der Waals surface area contributed by atoms with Crippen molar-refractivity contribution in [2.45, 2.75) is 13.5 Å².